The van der Waals surface area contributed by atoms with Gasteiger partial charge in [-0.25, -0.2) is 0 Å². The van der Waals surface area contributed by atoms with E-state index in [-0.39, 0.29) is 24.0 Å². The summed E-state index contributed by atoms with van der Waals surface area (Å²) in [5.74, 6) is 2.91. The van der Waals surface area contributed by atoms with Crippen molar-refractivity contribution in [1.82, 2.24) is 15.5 Å². The molecule has 4 nitrogen and oxygen atoms in total. The molecule has 1 fully saturated rings. The van der Waals surface area contributed by atoms with Crippen molar-refractivity contribution in [2.45, 2.75) is 32.4 Å². The van der Waals surface area contributed by atoms with Crippen molar-refractivity contribution in [3.05, 3.63) is 48.0 Å². The van der Waals surface area contributed by atoms with Crippen LogP contribution in [0.1, 0.15) is 30.4 Å². The first-order valence-electron chi connectivity index (χ1n) is 9.25. The molecule has 0 bridgehead atoms. The Hall–Kier alpha value is -0.730. The molecule has 1 aliphatic heterocycles. The van der Waals surface area contributed by atoms with E-state index in [4.69, 9.17) is 0 Å². The highest BCUT2D eigenvalue weighted by Crippen LogP contribution is 2.13. The highest BCUT2D eigenvalue weighted by molar-refractivity contribution is 14.0. The Kier molecular flexibility index (Phi) is 12.9. The molecule has 1 aliphatic rings. The lowest BCUT2D eigenvalue weighted by atomic mass is 10.1. The molecule has 6 heteroatoms. The summed E-state index contributed by atoms with van der Waals surface area (Å²) < 4.78 is 0. The van der Waals surface area contributed by atoms with Crippen LogP contribution in [-0.4, -0.2) is 49.0 Å². The van der Waals surface area contributed by atoms with Gasteiger partial charge in [0.1, 0.15) is 0 Å². The maximum absolute atomic E-state index is 4.27. The van der Waals surface area contributed by atoms with E-state index >= 15 is 0 Å². The van der Waals surface area contributed by atoms with Crippen LogP contribution < -0.4 is 10.6 Å². The Balaban J connectivity index is 0.00000338. The van der Waals surface area contributed by atoms with Crippen molar-refractivity contribution in [3.63, 3.8) is 0 Å². The fraction of sp³-hybridized carbons (Fsp3) is 0.550. The molecule has 0 aliphatic carbocycles. The number of rotatable bonds is 9. The minimum absolute atomic E-state index is 0. The normalized spacial score (nSPS) is 15.2. The van der Waals surface area contributed by atoms with Gasteiger partial charge in [-0.3, -0.25) is 9.89 Å². The maximum Gasteiger partial charge on any atom is 0.191 e. The fourth-order valence-electron chi connectivity index (χ4n) is 2.95. The third-order valence-electron chi connectivity index (χ3n) is 4.34. The first-order valence-corrected chi connectivity index (χ1v) is 10.4. The lowest BCUT2D eigenvalue weighted by Crippen LogP contribution is -2.37. The topological polar surface area (TPSA) is 39.7 Å². The van der Waals surface area contributed by atoms with Crippen LogP contribution in [0.3, 0.4) is 0 Å². The first-order chi connectivity index (χ1) is 12.3. The second kappa shape index (κ2) is 14.3. The molecule has 0 radical (unpaired) electrons. The summed E-state index contributed by atoms with van der Waals surface area (Å²) in [5, 5.41) is 6.72. The smallest absolute Gasteiger partial charge is 0.191 e. The highest BCUT2D eigenvalue weighted by atomic mass is 127. The van der Waals surface area contributed by atoms with Gasteiger partial charge in [0.15, 0.2) is 5.96 Å². The van der Waals surface area contributed by atoms with Gasteiger partial charge in [0.25, 0.3) is 0 Å². The summed E-state index contributed by atoms with van der Waals surface area (Å²) in [6.07, 6.45) is 6.02. The van der Waals surface area contributed by atoms with Crippen LogP contribution in [0.15, 0.2) is 41.9 Å². The Bertz CT molecular complexity index is 527. The van der Waals surface area contributed by atoms with Gasteiger partial charge in [-0.1, -0.05) is 36.8 Å². The van der Waals surface area contributed by atoms with Crippen molar-refractivity contribution in [2.24, 2.45) is 4.99 Å². The molecule has 1 heterocycles. The third-order valence-corrected chi connectivity index (χ3v) is 5.30. The van der Waals surface area contributed by atoms with E-state index in [2.05, 4.69) is 51.4 Å². The number of halogens is 1. The molecular formula is C20H33IN4S. The Labute approximate surface area is 180 Å². The number of nitrogens with zero attached hydrogens (tertiary/aromatic N) is 2. The number of hydrogen-bond donors (Lipinski definition) is 2. The largest absolute Gasteiger partial charge is 0.356 e. The van der Waals surface area contributed by atoms with Gasteiger partial charge in [0.2, 0.25) is 0 Å². The predicted molar refractivity (Wildman–Crippen MR) is 127 cm³/mol. The summed E-state index contributed by atoms with van der Waals surface area (Å²) in [4.78, 5) is 6.84. The van der Waals surface area contributed by atoms with E-state index in [1.807, 2.05) is 24.9 Å². The minimum atomic E-state index is 0. The Morgan fingerprint density at radius 3 is 2.50 bits per heavy atom. The molecular weight excluding hydrogens is 455 g/mol. The molecule has 1 aromatic carbocycles. The van der Waals surface area contributed by atoms with Crippen LogP contribution in [0, 0.1) is 0 Å². The second-order valence-corrected chi connectivity index (χ2v) is 7.52. The minimum Gasteiger partial charge on any atom is -0.356 e. The Morgan fingerprint density at radius 1 is 1.15 bits per heavy atom. The fourth-order valence-corrected chi connectivity index (χ4v) is 3.53. The summed E-state index contributed by atoms with van der Waals surface area (Å²) in [7, 11) is 1.81. The number of hydrogen-bond acceptors (Lipinski definition) is 3. The van der Waals surface area contributed by atoms with Crippen molar-refractivity contribution >= 4 is 41.7 Å². The quantitative estimate of drug-likeness (QED) is 0.182. The zero-order valence-corrected chi connectivity index (χ0v) is 19.0. The zero-order valence-electron chi connectivity index (χ0n) is 15.9. The predicted octanol–water partition coefficient (Wildman–Crippen LogP) is 3.87. The molecule has 0 spiro atoms. The van der Waals surface area contributed by atoms with Gasteiger partial charge in [-0.2, -0.15) is 11.8 Å². The van der Waals surface area contributed by atoms with E-state index in [0.29, 0.717) is 0 Å². The molecule has 0 aromatic heterocycles. The number of aliphatic imine (C=N–C) groups is 1. The van der Waals surface area contributed by atoms with E-state index in [1.165, 1.54) is 43.5 Å². The van der Waals surface area contributed by atoms with Crippen LogP contribution in [0.4, 0.5) is 0 Å². The van der Waals surface area contributed by atoms with E-state index in [1.54, 1.807) is 0 Å². The van der Waals surface area contributed by atoms with Crippen LogP contribution >= 0.6 is 35.7 Å². The lowest BCUT2D eigenvalue weighted by Gasteiger charge is -2.26. The molecule has 0 amide bonds. The summed E-state index contributed by atoms with van der Waals surface area (Å²) in [5.41, 5.74) is 2.69. The lowest BCUT2D eigenvalue weighted by molar-refractivity contribution is 0.221. The average Bonchev–Trinajstić information content (AvgIpc) is 2.66. The Morgan fingerprint density at radius 2 is 1.85 bits per heavy atom. The first kappa shape index (κ1) is 23.3. The van der Waals surface area contributed by atoms with Crippen LogP contribution in [-0.2, 0) is 13.1 Å². The van der Waals surface area contributed by atoms with Gasteiger partial charge in [0, 0.05) is 38.2 Å². The molecule has 146 valence electrons. The monoisotopic (exact) mass is 488 g/mol. The number of benzene rings is 1. The van der Waals surface area contributed by atoms with E-state index < -0.39 is 0 Å². The molecule has 26 heavy (non-hydrogen) atoms. The van der Waals surface area contributed by atoms with Crippen LogP contribution in [0.25, 0.3) is 0 Å². The van der Waals surface area contributed by atoms with Crippen LogP contribution in [0.2, 0.25) is 0 Å². The molecule has 2 N–H and O–H groups in total. The molecule has 2 rings (SSSR count). The maximum atomic E-state index is 4.27. The van der Waals surface area contributed by atoms with Crippen molar-refractivity contribution in [3.8, 4) is 0 Å². The third kappa shape index (κ3) is 9.28. The molecule has 0 atom stereocenters. The van der Waals surface area contributed by atoms with Crippen LogP contribution in [0.5, 0.6) is 0 Å². The molecule has 1 saturated heterocycles. The van der Waals surface area contributed by atoms with Crippen molar-refractivity contribution < 1.29 is 0 Å². The standard InChI is InChI=1S/C20H32N4S.HI/c1-3-14-25-15-11-22-20(21-2)23-16-18-7-9-19(10-8-18)17-24-12-5-4-6-13-24;/h3,7-10H,1,4-6,11-17H2,2H3,(H2,21,22,23);1H. The van der Waals surface area contributed by atoms with Crippen molar-refractivity contribution in [1.29, 1.82) is 0 Å². The molecule has 1 aromatic rings. The van der Waals surface area contributed by atoms with Crippen molar-refractivity contribution in [2.75, 3.05) is 38.2 Å². The number of guanidine groups is 1. The number of piperidine rings is 1. The van der Waals surface area contributed by atoms with E-state index in [0.717, 1.165) is 37.1 Å². The second-order valence-electron chi connectivity index (χ2n) is 6.37. The SMILES string of the molecule is C=CCSCCNC(=NC)NCc1ccc(CN2CCCCC2)cc1.I. The van der Waals surface area contributed by atoms with Gasteiger partial charge in [-0.05, 0) is 37.1 Å². The number of thioether (sulfide) groups is 1. The summed E-state index contributed by atoms with van der Waals surface area (Å²) in [6.45, 7) is 9.01. The molecule has 0 unspecified atom stereocenters. The van der Waals surface area contributed by atoms with Gasteiger partial charge in [-0.15, -0.1) is 30.6 Å². The zero-order chi connectivity index (χ0) is 17.7. The summed E-state index contributed by atoms with van der Waals surface area (Å²) in [6, 6.07) is 8.96. The summed E-state index contributed by atoms with van der Waals surface area (Å²) >= 11 is 1.87. The molecule has 0 saturated carbocycles. The highest BCUT2D eigenvalue weighted by Gasteiger charge is 2.10. The number of nitrogens with one attached hydrogen (secondary N) is 2. The van der Waals surface area contributed by atoms with Gasteiger partial charge < -0.3 is 10.6 Å². The number of likely N-dealkylation sites (tertiary alicyclic amines) is 1. The van der Waals surface area contributed by atoms with Gasteiger partial charge >= 0.3 is 0 Å². The average molecular weight is 488 g/mol. The van der Waals surface area contributed by atoms with E-state index in [9.17, 15) is 0 Å². The van der Waals surface area contributed by atoms with Gasteiger partial charge in [0.05, 0.1) is 0 Å².